The van der Waals surface area contributed by atoms with Crippen molar-refractivity contribution in [3.8, 4) is 0 Å². The minimum Gasteiger partial charge on any atom is -0.393 e. The number of benzene rings is 2. The Kier molecular flexibility index (Phi) is 3.74. The van der Waals surface area contributed by atoms with E-state index >= 15 is 0 Å². The number of rotatable bonds is 3. The molecular formula is C14H14N4O2. The first kappa shape index (κ1) is 13.7. The maximum absolute atomic E-state index is 10.8. The van der Waals surface area contributed by atoms with Crippen LogP contribution >= 0.6 is 0 Å². The smallest absolute Gasteiger partial charge is 0.294 e. The van der Waals surface area contributed by atoms with Gasteiger partial charge in [0.05, 0.1) is 16.3 Å². The molecule has 0 aliphatic heterocycles. The first-order chi connectivity index (χ1) is 9.47. The van der Waals surface area contributed by atoms with Gasteiger partial charge in [-0.25, -0.2) is 0 Å². The van der Waals surface area contributed by atoms with Gasteiger partial charge in [0.2, 0.25) is 0 Å². The van der Waals surface area contributed by atoms with Crippen LogP contribution in [0.25, 0.3) is 0 Å². The number of hydrogen-bond acceptors (Lipinski definition) is 5. The number of nitrogen functional groups attached to an aromatic ring is 1. The molecule has 102 valence electrons. The molecule has 0 aromatic heterocycles. The van der Waals surface area contributed by atoms with E-state index in [1.54, 1.807) is 6.07 Å². The molecule has 2 N–H and O–H groups in total. The molecule has 0 bridgehead atoms. The maximum atomic E-state index is 10.8. The van der Waals surface area contributed by atoms with Gasteiger partial charge in [0.1, 0.15) is 5.69 Å². The van der Waals surface area contributed by atoms with Gasteiger partial charge in [0.15, 0.2) is 0 Å². The molecule has 20 heavy (non-hydrogen) atoms. The van der Waals surface area contributed by atoms with Crippen molar-refractivity contribution in [1.29, 1.82) is 0 Å². The third-order valence-corrected chi connectivity index (χ3v) is 2.98. The van der Waals surface area contributed by atoms with E-state index in [1.165, 1.54) is 17.7 Å². The van der Waals surface area contributed by atoms with Gasteiger partial charge in [-0.1, -0.05) is 6.07 Å². The highest BCUT2D eigenvalue weighted by molar-refractivity contribution is 5.63. The van der Waals surface area contributed by atoms with Crippen LogP contribution in [0.3, 0.4) is 0 Å². The Bertz CT molecular complexity index is 696. The molecule has 0 radical (unpaired) electrons. The van der Waals surface area contributed by atoms with Crippen LogP contribution in [-0.2, 0) is 0 Å². The number of nitro benzene ring substituents is 1. The Morgan fingerprint density at radius 2 is 1.60 bits per heavy atom. The maximum Gasteiger partial charge on any atom is 0.294 e. The number of azo groups is 1. The van der Waals surface area contributed by atoms with E-state index in [-0.39, 0.29) is 11.4 Å². The Hall–Kier alpha value is -2.76. The Balaban J connectivity index is 2.29. The summed E-state index contributed by atoms with van der Waals surface area (Å²) in [6, 6.07) is 10.1. The third kappa shape index (κ3) is 2.97. The van der Waals surface area contributed by atoms with Crippen LogP contribution in [0.15, 0.2) is 46.6 Å². The van der Waals surface area contributed by atoms with E-state index in [9.17, 15) is 10.1 Å². The van der Waals surface area contributed by atoms with Gasteiger partial charge in [0.25, 0.3) is 5.69 Å². The van der Waals surface area contributed by atoms with Crippen LogP contribution in [-0.4, -0.2) is 4.92 Å². The molecule has 2 rings (SSSR count). The zero-order valence-corrected chi connectivity index (χ0v) is 11.2. The molecule has 0 atom stereocenters. The van der Waals surface area contributed by atoms with Crippen molar-refractivity contribution in [2.24, 2.45) is 10.2 Å². The molecule has 0 amide bonds. The Morgan fingerprint density at radius 3 is 2.20 bits per heavy atom. The van der Waals surface area contributed by atoms with Gasteiger partial charge in [-0.05, 0) is 49.2 Å². The van der Waals surface area contributed by atoms with Gasteiger partial charge in [-0.15, -0.1) is 0 Å². The molecule has 0 saturated heterocycles. The number of nitrogens with two attached hydrogens (primary N) is 1. The van der Waals surface area contributed by atoms with Crippen LogP contribution in [0.2, 0.25) is 0 Å². The minimum absolute atomic E-state index is 0.111. The van der Waals surface area contributed by atoms with E-state index < -0.39 is 4.92 Å². The van der Waals surface area contributed by atoms with Crippen molar-refractivity contribution in [2.75, 3.05) is 5.73 Å². The lowest BCUT2D eigenvalue weighted by Gasteiger charge is -2.00. The fourth-order valence-corrected chi connectivity index (χ4v) is 1.66. The number of aryl methyl sites for hydroxylation is 2. The zero-order valence-electron chi connectivity index (χ0n) is 11.2. The summed E-state index contributed by atoms with van der Waals surface area (Å²) < 4.78 is 0. The van der Waals surface area contributed by atoms with Crippen molar-refractivity contribution in [3.63, 3.8) is 0 Å². The predicted octanol–water partition coefficient (Wildman–Crippen LogP) is 4.21. The fraction of sp³-hybridized carbons (Fsp3) is 0.143. The normalized spacial score (nSPS) is 10.9. The highest BCUT2D eigenvalue weighted by Crippen LogP contribution is 2.28. The average Bonchev–Trinajstić information content (AvgIpc) is 2.41. The quantitative estimate of drug-likeness (QED) is 0.391. The largest absolute Gasteiger partial charge is 0.393 e. The molecule has 0 heterocycles. The molecule has 2 aromatic rings. The summed E-state index contributed by atoms with van der Waals surface area (Å²) in [6.07, 6.45) is 0. The second kappa shape index (κ2) is 5.48. The summed E-state index contributed by atoms with van der Waals surface area (Å²) >= 11 is 0. The number of nitrogens with zero attached hydrogens (tertiary/aromatic N) is 3. The SMILES string of the molecule is Cc1ccc(N=Nc2ccc(N)c([N+](=O)[O-])c2)cc1C. The fourth-order valence-electron chi connectivity index (χ4n) is 1.66. The summed E-state index contributed by atoms with van der Waals surface area (Å²) in [4.78, 5) is 10.2. The standard InChI is InChI=1S/C14H14N4O2/c1-9-3-4-11(7-10(9)2)16-17-12-5-6-13(15)14(8-12)18(19)20/h3-8H,15H2,1-2H3. The molecule has 6 nitrogen and oxygen atoms in total. The van der Waals surface area contributed by atoms with Crippen molar-refractivity contribution >= 4 is 22.7 Å². The number of anilines is 1. The topological polar surface area (TPSA) is 93.9 Å². The Labute approximate surface area is 116 Å². The summed E-state index contributed by atoms with van der Waals surface area (Å²) in [5.74, 6) is 0. The van der Waals surface area contributed by atoms with Crippen molar-refractivity contribution in [3.05, 3.63) is 57.6 Å². The van der Waals surface area contributed by atoms with Crippen molar-refractivity contribution in [2.45, 2.75) is 13.8 Å². The predicted molar refractivity (Wildman–Crippen MR) is 77.6 cm³/mol. The summed E-state index contributed by atoms with van der Waals surface area (Å²) in [5, 5.41) is 18.9. The second-order valence-electron chi connectivity index (χ2n) is 4.47. The lowest BCUT2D eigenvalue weighted by atomic mass is 10.1. The van der Waals surface area contributed by atoms with Crippen LogP contribution < -0.4 is 5.73 Å². The molecule has 0 unspecified atom stereocenters. The average molecular weight is 270 g/mol. The molecule has 0 spiro atoms. The molecule has 2 aromatic carbocycles. The van der Waals surface area contributed by atoms with Gasteiger partial charge in [-0.2, -0.15) is 10.2 Å². The van der Waals surface area contributed by atoms with E-state index in [4.69, 9.17) is 5.73 Å². The van der Waals surface area contributed by atoms with Crippen molar-refractivity contribution in [1.82, 2.24) is 0 Å². The van der Waals surface area contributed by atoms with Gasteiger partial charge in [-0.3, -0.25) is 10.1 Å². The molecule has 0 fully saturated rings. The first-order valence-corrected chi connectivity index (χ1v) is 6.00. The van der Waals surface area contributed by atoms with Crippen molar-refractivity contribution < 1.29 is 4.92 Å². The van der Waals surface area contributed by atoms with Crippen LogP contribution in [0.1, 0.15) is 11.1 Å². The van der Waals surface area contributed by atoms with E-state index in [0.29, 0.717) is 11.4 Å². The summed E-state index contributed by atoms with van der Waals surface area (Å²) in [6.45, 7) is 4.00. The molecule has 0 aliphatic rings. The van der Waals surface area contributed by atoms with E-state index in [1.807, 2.05) is 32.0 Å². The third-order valence-electron chi connectivity index (χ3n) is 2.98. The van der Waals surface area contributed by atoms with Gasteiger partial charge >= 0.3 is 0 Å². The minimum atomic E-state index is -0.537. The van der Waals surface area contributed by atoms with Crippen LogP contribution in [0, 0.1) is 24.0 Å². The monoisotopic (exact) mass is 270 g/mol. The number of hydrogen-bond donors (Lipinski definition) is 1. The molecule has 6 heteroatoms. The van der Waals surface area contributed by atoms with E-state index in [2.05, 4.69) is 10.2 Å². The molecule has 0 aliphatic carbocycles. The van der Waals surface area contributed by atoms with Crippen LogP contribution in [0.5, 0.6) is 0 Å². The zero-order chi connectivity index (χ0) is 14.7. The first-order valence-electron chi connectivity index (χ1n) is 6.00. The lowest BCUT2D eigenvalue weighted by Crippen LogP contribution is -1.94. The second-order valence-corrected chi connectivity index (χ2v) is 4.47. The van der Waals surface area contributed by atoms with E-state index in [0.717, 1.165) is 5.56 Å². The summed E-state index contributed by atoms with van der Waals surface area (Å²) in [5.41, 5.74) is 8.85. The van der Waals surface area contributed by atoms with Crippen LogP contribution in [0.4, 0.5) is 22.7 Å². The lowest BCUT2D eigenvalue weighted by molar-refractivity contribution is -0.383. The van der Waals surface area contributed by atoms with Gasteiger partial charge < -0.3 is 5.73 Å². The highest BCUT2D eigenvalue weighted by Gasteiger charge is 2.11. The molecule has 0 saturated carbocycles. The number of nitro groups is 1. The summed E-state index contributed by atoms with van der Waals surface area (Å²) in [7, 11) is 0. The highest BCUT2D eigenvalue weighted by atomic mass is 16.6. The Morgan fingerprint density at radius 1 is 1.00 bits per heavy atom. The van der Waals surface area contributed by atoms with Gasteiger partial charge in [0, 0.05) is 6.07 Å². The molecular weight excluding hydrogens is 256 g/mol.